The van der Waals surface area contributed by atoms with Crippen molar-refractivity contribution in [2.75, 3.05) is 7.05 Å². The molecule has 168 valence electrons. The maximum absolute atomic E-state index is 8.59. The van der Waals surface area contributed by atoms with Crippen molar-refractivity contribution in [3.8, 4) is 11.3 Å². The van der Waals surface area contributed by atoms with Crippen LogP contribution in [-0.2, 0) is 7.05 Å². The smallest absolute Gasteiger partial charge is 0.147 e. The predicted octanol–water partition coefficient (Wildman–Crippen LogP) is 6.67. The van der Waals surface area contributed by atoms with Crippen molar-refractivity contribution in [2.24, 2.45) is 7.05 Å². The molecule has 5 nitrogen and oxygen atoms in total. The predicted molar refractivity (Wildman–Crippen MR) is 134 cm³/mol. The number of hydrazine groups is 1. The number of aryl methyl sites for hydroxylation is 2. The fourth-order valence-electron chi connectivity index (χ4n) is 2.94. The summed E-state index contributed by atoms with van der Waals surface area (Å²) in [6.45, 7) is 26.2. The molecular weight excluding hydrogens is 370 g/mol. The molecule has 1 heterocycles. The summed E-state index contributed by atoms with van der Waals surface area (Å²) in [4.78, 5) is 0. The van der Waals surface area contributed by atoms with Crippen LogP contribution in [0.25, 0.3) is 11.3 Å². The average molecular weight is 414 g/mol. The van der Waals surface area contributed by atoms with E-state index in [0.717, 1.165) is 28.1 Å². The van der Waals surface area contributed by atoms with E-state index >= 15 is 0 Å². The first-order chi connectivity index (χ1) is 14.3. The zero-order chi connectivity index (χ0) is 24.0. The Bertz CT molecular complexity index is 787. The largest absolute Gasteiger partial charge is 0.283 e. The monoisotopic (exact) mass is 413 g/mol. The molecule has 0 aliphatic heterocycles. The summed E-state index contributed by atoms with van der Waals surface area (Å²) in [5.41, 5.74) is 9.19. The van der Waals surface area contributed by atoms with Crippen molar-refractivity contribution < 1.29 is 0 Å². The molecule has 0 radical (unpaired) electrons. The van der Waals surface area contributed by atoms with Crippen LogP contribution in [0.3, 0.4) is 0 Å². The number of nitrogens with one attached hydrogen (secondary N) is 2. The molecule has 0 bridgehead atoms. The molecule has 2 N–H and O–H groups in total. The number of nitrogens with zero attached hydrogens (tertiary/aromatic N) is 3. The highest BCUT2D eigenvalue weighted by Crippen LogP contribution is 2.32. The molecule has 1 aromatic carbocycles. The van der Waals surface area contributed by atoms with Crippen LogP contribution < -0.4 is 5.43 Å². The van der Waals surface area contributed by atoms with Crippen LogP contribution in [0.15, 0.2) is 49.8 Å². The topological polar surface area (TPSA) is 56.9 Å². The molecule has 0 saturated carbocycles. The van der Waals surface area contributed by atoms with Gasteiger partial charge in [0.25, 0.3) is 0 Å². The van der Waals surface area contributed by atoms with Crippen LogP contribution in [0.2, 0.25) is 0 Å². The van der Waals surface area contributed by atoms with Crippen molar-refractivity contribution in [1.82, 2.24) is 20.2 Å². The van der Waals surface area contributed by atoms with Crippen LogP contribution in [0.4, 0.5) is 0 Å². The quantitative estimate of drug-likeness (QED) is 0.249. The Morgan fingerprint density at radius 1 is 1.17 bits per heavy atom. The molecule has 0 unspecified atom stereocenters. The summed E-state index contributed by atoms with van der Waals surface area (Å²) in [6, 6.07) is 6.29. The van der Waals surface area contributed by atoms with E-state index in [1.54, 1.807) is 18.3 Å². The Morgan fingerprint density at radius 3 is 2.07 bits per heavy atom. The van der Waals surface area contributed by atoms with Gasteiger partial charge in [-0.2, -0.15) is 5.10 Å². The molecule has 0 amide bonds. The minimum Gasteiger partial charge on any atom is -0.283 e. The Kier molecular flexibility index (Phi) is 15.0. The van der Waals surface area contributed by atoms with Crippen LogP contribution >= 0.6 is 0 Å². The van der Waals surface area contributed by atoms with Gasteiger partial charge in [-0.3, -0.25) is 15.1 Å². The SMILES string of the molecule is C=C.C=C(C)N(NC)C(=N)c1cc(-c2ccnn2C)c(C(C)C)cc1C.CC.CC. The van der Waals surface area contributed by atoms with Gasteiger partial charge in [-0.25, -0.2) is 5.43 Å². The highest BCUT2D eigenvalue weighted by molar-refractivity contribution is 5.99. The third-order valence-corrected chi connectivity index (χ3v) is 4.20. The summed E-state index contributed by atoms with van der Waals surface area (Å²) >= 11 is 0. The first kappa shape index (κ1) is 29.5. The van der Waals surface area contributed by atoms with E-state index in [2.05, 4.69) is 63.2 Å². The second-order valence-corrected chi connectivity index (χ2v) is 6.39. The van der Waals surface area contributed by atoms with E-state index in [0.29, 0.717) is 11.8 Å². The fraction of sp³-hybridized carbons (Fsp3) is 0.440. The van der Waals surface area contributed by atoms with Crippen molar-refractivity contribution >= 4 is 5.84 Å². The molecule has 0 aliphatic rings. The lowest BCUT2D eigenvalue weighted by molar-refractivity contribution is 0.418. The second-order valence-electron chi connectivity index (χ2n) is 6.39. The van der Waals surface area contributed by atoms with Gasteiger partial charge in [-0.05, 0) is 43.0 Å². The van der Waals surface area contributed by atoms with E-state index in [1.807, 2.05) is 52.4 Å². The summed E-state index contributed by atoms with van der Waals surface area (Å²) in [5, 5.41) is 14.6. The first-order valence-electron chi connectivity index (χ1n) is 10.6. The van der Waals surface area contributed by atoms with E-state index in [-0.39, 0.29) is 0 Å². The summed E-state index contributed by atoms with van der Waals surface area (Å²) in [5.74, 6) is 0.777. The number of aromatic nitrogens is 2. The molecule has 0 fully saturated rings. The van der Waals surface area contributed by atoms with Crippen LogP contribution in [-0.4, -0.2) is 27.7 Å². The van der Waals surface area contributed by atoms with E-state index < -0.39 is 0 Å². The minimum absolute atomic E-state index is 0.387. The van der Waals surface area contributed by atoms with Gasteiger partial charge in [0, 0.05) is 37.1 Å². The van der Waals surface area contributed by atoms with Crippen molar-refractivity contribution in [3.05, 3.63) is 66.5 Å². The zero-order valence-electron chi connectivity index (χ0n) is 20.8. The van der Waals surface area contributed by atoms with Crippen LogP contribution in [0, 0.1) is 12.3 Å². The molecule has 0 saturated heterocycles. The number of hydrogen-bond donors (Lipinski definition) is 2. The van der Waals surface area contributed by atoms with Gasteiger partial charge in [0.15, 0.2) is 0 Å². The lowest BCUT2D eigenvalue weighted by atomic mass is 9.90. The fourth-order valence-corrected chi connectivity index (χ4v) is 2.94. The van der Waals surface area contributed by atoms with Crippen molar-refractivity contribution in [1.29, 1.82) is 5.41 Å². The van der Waals surface area contributed by atoms with Gasteiger partial charge in [0.2, 0.25) is 0 Å². The van der Waals surface area contributed by atoms with Crippen LogP contribution in [0.1, 0.15) is 71.1 Å². The molecule has 30 heavy (non-hydrogen) atoms. The molecule has 0 aliphatic carbocycles. The zero-order valence-corrected chi connectivity index (χ0v) is 20.8. The Morgan fingerprint density at radius 2 is 1.70 bits per heavy atom. The third kappa shape index (κ3) is 7.30. The maximum atomic E-state index is 8.59. The molecule has 0 spiro atoms. The highest BCUT2D eigenvalue weighted by Gasteiger charge is 2.19. The molecule has 0 atom stereocenters. The average Bonchev–Trinajstić information content (AvgIpc) is 3.18. The number of amidine groups is 1. The maximum Gasteiger partial charge on any atom is 0.147 e. The Hall–Kier alpha value is -2.66. The van der Waals surface area contributed by atoms with Gasteiger partial charge >= 0.3 is 0 Å². The lowest BCUT2D eigenvalue weighted by Crippen LogP contribution is -2.39. The summed E-state index contributed by atoms with van der Waals surface area (Å²) in [7, 11) is 3.74. The van der Waals surface area contributed by atoms with Crippen LogP contribution in [0.5, 0.6) is 0 Å². The second kappa shape index (κ2) is 15.2. The Balaban J connectivity index is 0. The molecular formula is C25H43N5. The van der Waals surface area contributed by atoms with Gasteiger partial charge in [0.1, 0.15) is 5.84 Å². The highest BCUT2D eigenvalue weighted by atomic mass is 15.5. The Labute approximate surface area is 185 Å². The number of benzene rings is 1. The van der Waals surface area contributed by atoms with E-state index in [9.17, 15) is 0 Å². The van der Waals surface area contributed by atoms with Gasteiger partial charge in [-0.1, -0.05) is 54.2 Å². The number of hydrogen-bond acceptors (Lipinski definition) is 3. The molecule has 2 rings (SSSR count). The first-order valence-corrected chi connectivity index (χ1v) is 10.6. The molecule has 2 aromatic rings. The third-order valence-electron chi connectivity index (χ3n) is 4.20. The van der Waals surface area contributed by atoms with Crippen molar-refractivity contribution in [2.45, 2.75) is 61.3 Å². The standard InChI is InChI=1S/C19H27N5.2C2H6.C2H4/c1-12(2)15-10-14(5)16(19(20)24(21-6)13(3)4)11-17(15)18-8-9-22-23(18)7;3*1-2/h8-12,20-21H,3H2,1-2,4-7H3;2*1-2H3;1-2H2. The van der Waals surface area contributed by atoms with E-state index in [4.69, 9.17) is 5.41 Å². The number of allylic oxidation sites excluding steroid dienone is 1. The van der Waals surface area contributed by atoms with E-state index in [1.165, 1.54) is 5.56 Å². The lowest BCUT2D eigenvalue weighted by Gasteiger charge is -2.26. The van der Waals surface area contributed by atoms with Crippen molar-refractivity contribution in [3.63, 3.8) is 0 Å². The van der Waals surface area contributed by atoms with Gasteiger partial charge in [0.05, 0.1) is 5.69 Å². The van der Waals surface area contributed by atoms with Gasteiger partial charge < -0.3 is 0 Å². The van der Waals surface area contributed by atoms with Gasteiger partial charge in [-0.15, -0.1) is 13.2 Å². The summed E-state index contributed by atoms with van der Waals surface area (Å²) in [6.07, 6.45) is 1.80. The minimum atomic E-state index is 0.387. The molecule has 5 heteroatoms. The number of rotatable bonds is 5. The normalized spacial score (nSPS) is 9.30. The summed E-state index contributed by atoms with van der Waals surface area (Å²) < 4.78 is 1.87. The molecule has 1 aromatic heterocycles.